The van der Waals surface area contributed by atoms with Crippen LogP contribution in [0.2, 0.25) is 0 Å². The molecule has 0 fully saturated rings. The molecule has 0 saturated carbocycles. The molecule has 0 aromatic heterocycles. The highest BCUT2D eigenvalue weighted by molar-refractivity contribution is 5.23. The Kier molecular flexibility index (Phi) is 6.58. The zero-order chi connectivity index (χ0) is 11.6. The van der Waals surface area contributed by atoms with Gasteiger partial charge in [-0.25, -0.2) is 4.39 Å². The van der Waals surface area contributed by atoms with E-state index in [9.17, 15) is 4.39 Å². The number of halogens is 1. The van der Waals surface area contributed by atoms with Gasteiger partial charge < -0.3 is 10.1 Å². The first-order chi connectivity index (χ1) is 7.84. The molecular weight excluding hydrogens is 205 g/mol. The second-order valence-electron chi connectivity index (χ2n) is 3.80. The summed E-state index contributed by atoms with van der Waals surface area (Å²) in [6, 6.07) is 6.53. The van der Waals surface area contributed by atoms with E-state index in [0.717, 1.165) is 19.4 Å². The van der Waals surface area contributed by atoms with Crippen molar-refractivity contribution >= 4 is 0 Å². The molecule has 0 aliphatic carbocycles. The molecule has 1 N–H and O–H groups in total. The Hall–Kier alpha value is -1.09. The summed E-state index contributed by atoms with van der Waals surface area (Å²) in [5.74, 6) is 0.0791. The van der Waals surface area contributed by atoms with Crippen LogP contribution in [0.5, 0.6) is 5.75 Å². The third-order valence-corrected chi connectivity index (χ3v) is 2.42. The molecule has 0 radical (unpaired) electrons. The van der Waals surface area contributed by atoms with Gasteiger partial charge in [0.2, 0.25) is 0 Å². The number of hydrogen-bond donors (Lipinski definition) is 1. The maximum atomic E-state index is 13.1. The van der Waals surface area contributed by atoms with E-state index < -0.39 is 0 Å². The molecule has 2 nitrogen and oxygen atoms in total. The van der Waals surface area contributed by atoms with E-state index in [2.05, 4.69) is 5.32 Å². The molecular formula is C13H20FNO. The van der Waals surface area contributed by atoms with Crippen molar-refractivity contribution in [2.24, 2.45) is 0 Å². The summed E-state index contributed by atoms with van der Waals surface area (Å²) in [7, 11) is 1.96. The van der Waals surface area contributed by atoms with Crippen LogP contribution in [0.1, 0.15) is 25.7 Å². The summed E-state index contributed by atoms with van der Waals surface area (Å²) >= 11 is 0. The number of hydrogen-bond acceptors (Lipinski definition) is 2. The number of ether oxygens (including phenoxy) is 1. The maximum absolute atomic E-state index is 13.1. The number of para-hydroxylation sites is 1. The Morgan fingerprint density at radius 2 is 1.88 bits per heavy atom. The van der Waals surface area contributed by atoms with Gasteiger partial charge in [0.15, 0.2) is 11.6 Å². The van der Waals surface area contributed by atoms with Crippen molar-refractivity contribution in [3.05, 3.63) is 30.1 Å². The molecule has 0 bridgehead atoms. The van der Waals surface area contributed by atoms with Gasteiger partial charge in [0.1, 0.15) is 0 Å². The summed E-state index contributed by atoms with van der Waals surface area (Å²) in [6.45, 7) is 1.66. The largest absolute Gasteiger partial charge is 0.491 e. The van der Waals surface area contributed by atoms with Gasteiger partial charge in [-0.1, -0.05) is 25.0 Å². The highest BCUT2D eigenvalue weighted by Gasteiger charge is 2.00. The quantitative estimate of drug-likeness (QED) is 0.687. The van der Waals surface area contributed by atoms with E-state index in [-0.39, 0.29) is 5.82 Å². The van der Waals surface area contributed by atoms with Crippen molar-refractivity contribution in [1.29, 1.82) is 0 Å². The third-order valence-electron chi connectivity index (χ3n) is 2.42. The Morgan fingerprint density at radius 1 is 1.12 bits per heavy atom. The second-order valence-corrected chi connectivity index (χ2v) is 3.80. The molecule has 0 atom stereocenters. The first-order valence-corrected chi connectivity index (χ1v) is 5.86. The topological polar surface area (TPSA) is 21.3 Å². The Morgan fingerprint density at radius 3 is 2.62 bits per heavy atom. The first kappa shape index (κ1) is 13.0. The van der Waals surface area contributed by atoms with Gasteiger partial charge in [-0.05, 0) is 38.6 Å². The minimum absolute atomic E-state index is 0.280. The number of unbranched alkanes of at least 4 members (excludes halogenated alkanes) is 3. The molecule has 0 heterocycles. The summed E-state index contributed by atoms with van der Waals surface area (Å²) in [4.78, 5) is 0. The van der Waals surface area contributed by atoms with Crippen LogP contribution >= 0.6 is 0 Å². The predicted molar refractivity (Wildman–Crippen MR) is 64.3 cm³/mol. The fraction of sp³-hybridized carbons (Fsp3) is 0.538. The fourth-order valence-electron chi connectivity index (χ4n) is 1.50. The minimum Gasteiger partial charge on any atom is -0.491 e. The molecule has 90 valence electrons. The van der Waals surface area contributed by atoms with Crippen molar-refractivity contribution in [2.45, 2.75) is 25.7 Å². The monoisotopic (exact) mass is 225 g/mol. The molecule has 1 rings (SSSR count). The third kappa shape index (κ3) is 5.12. The Bertz CT molecular complexity index is 291. The summed E-state index contributed by atoms with van der Waals surface area (Å²) in [6.07, 6.45) is 4.51. The standard InChI is InChI=1S/C13H20FNO/c1-15-10-6-2-3-7-11-16-13-9-5-4-8-12(13)14/h4-5,8-9,15H,2-3,6-7,10-11H2,1H3. The van der Waals surface area contributed by atoms with E-state index in [4.69, 9.17) is 4.74 Å². The van der Waals surface area contributed by atoms with E-state index in [1.165, 1.54) is 18.9 Å². The smallest absolute Gasteiger partial charge is 0.165 e. The van der Waals surface area contributed by atoms with Crippen LogP contribution in [-0.4, -0.2) is 20.2 Å². The van der Waals surface area contributed by atoms with Crippen LogP contribution in [0.4, 0.5) is 4.39 Å². The number of benzene rings is 1. The van der Waals surface area contributed by atoms with Gasteiger partial charge in [-0.2, -0.15) is 0 Å². The highest BCUT2D eigenvalue weighted by atomic mass is 19.1. The lowest BCUT2D eigenvalue weighted by Crippen LogP contribution is -2.07. The number of rotatable bonds is 8. The molecule has 16 heavy (non-hydrogen) atoms. The molecule has 0 unspecified atom stereocenters. The highest BCUT2D eigenvalue weighted by Crippen LogP contribution is 2.15. The van der Waals surface area contributed by atoms with Crippen LogP contribution in [0.15, 0.2) is 24.3 Å². The van der Waals surface area contributed by atoms with Crippen LogP contribution in [0.25, 0.3) is 0 Å². The summed E-state index contributed by atoms with van der Waals surface area (Å²) < 4.78 is 18.5. The van der Waals surface area contributed by atoms with E-state index in [1.54, 1.807) is 18.2 Å². The molecule has 0 amide bonds. The zero-order valence-electron chi connectivity index (χ0n) is 9.84. The Balaban J connectivity index is 2.05. The molecule has 1 aromatic carbocycles. The molecule has 0 aliphatic rings. The average Bonchev–Trinajstić information content (AvgIpc) is 2.30. The Labute approximate surface area is 96.8 Å². The molecule has 3 heteroatoms. The molecule has 0 spiro atoms. The summed E-state index contributed by atoms with van der Waals surface area (Å²) in [5.41, 5.74) is 0. The maximum Gasteiger partial charge on any atom is 0.165 e. The van der Waals surface area contributed by atoms with E-state index >= 15 is 0 Å². The van der Waals surface area contributed by atoms with Crippen LogP contribution in [0.3, 0.4) is 0 Å². The van der Waals surface area contributed by atoms with Crippen molar-refractivity contribution in [2.75, 3.05) is 20.2 Å². The first-order valence-electron chi connectivity index (χ1n) is 5.86. The lowest BCUT2D eigenvalue weighted by atomic mass is 10.2. The lowest BCUT2D eigenvalue weighted by Gasteiger charge is -2.06. The van der Waals surface area contributed by atoms with Gasteiger partial charge in [-0.3, -0.25) is 0 Å². The zero-order valence-corrected chi connectivity index (χ0v) is 9.84. The van der Waals surface area contributed by atoms with Crippen molar-refractivity contribution in [3.63, 3.8) is 0 Å². The van der Waals surface area contributed by atoms with Crippen molar-refractivity contribution in [1.82, 2.24) is 5.32 Å². The van der Waals surface area contributed by atoms with Crippen molar-refractivity contribution < 1.29 is 9.13 Å². The normalized spacial score (nSPS) is 10.4. The molecule has 0 aliphatic heterocycles. The van der Waals surface area contributed by atoms with Crippen LogP contribution in [-0.2, 0) is 0 Å². The second kappa shape index (κ2) is 8.11. The number of nitrogens with one attached hydrogen (secondary N) is 1. The predicted octanol–water partition coefficient (Wildman–Crippen LogP) is 2.98. The van der Waals surface area contributed by atoms with Gasteiger partial charge in [0, 0.05) is 0 Å². The molecule has 1 aromatic rings. The van der Waals surface area contributed by atoms with Gasteiger partial charge in [0.05, 0.1) is 6.61 Å². The van der Waals surface area contributed by atoms with Gasteiger partial charge in [0.25, 0.3) is 0 Å². The molecule has 0 saturated heterocycles. The summed E-state index contributed by atoms with van der Waals surface area (Å²) in [5, 5.41) is 3.11. The fourth-order valence-corrected chi connectivity index (χ4v) is 1.50. The SMILES string of the molecule is CNCCCCCCOc1ccccc1F. The van der Waals surface area contributed by atoms with Crippen LogP contribution < -0.4 is 10.1 Å². The van der Waals surface area contributed by atoms with Gasteiger partial charge >= 0.3 is 0 Å². The van der Waals surface area contributed by atoms with E-state index in [1.807, 2.05) is 7.05 Å². The minimum atomic E-state index is -0.280. The van der Waals surface area contributed by atoms with Crippen molar-refractivity contribution in [3.8, 4) is 5.75 Å². The van der Waals surface area contributed by atoms with Crippen LogP contribution in [0, 0.1) is 5.82 Å². The van der Waals surface area contributed by atoms with Gasteiger partial charge in [-0.15, -0.1) is 0 Å². The van der Waals surface area contributed by atoms with E-state index in [0.29, 0.717) is 12.4 Å². The lowest BCUT2D eigenvalue weighted by molar-refractivity contribution is 0.290. The average molecular weight is 225 g/mol.